The Balaban J connectivity index is 1.54. The summed E-state index contributed by atoms with van der Waals surface area (Å²) in [4.78, 5) is 12.2. The van der Waals surface area contributed by atoms with Crippen LogP contribution in [-0.2, 0) is 0 Å². The van der Waals surface area contributed by atoms with Gasteiger partial charge < -0.3 is 10.6 Å². The van der Waals surface area contributed by atoms with Gasteiger partial charge in [0.25, 0.3) is 5.91 Å². The highest BCUT2D eigenvalue weighted by molar-refractivity contribution is 5.92. The molecule has 132 valence electrons. The fraction of sp³-hybridized carbons (Fsp3) is 0.300. The van der Waals surface area contributed by atoms with E-state index in [0.29, 0.717) is 23.6 Å². The molecule has 0 unspecified atom stereocenters. The minimum absolute atomic E-state index is 0.224. The number of rotatable bonds is 6. The van der Waals surface area contributed by atoms with Gasteiger partial charge in [0.1, 0.15) is 6.07 Å². The molecule has 6 nitrogen and oxygen atoms in total. The lowest BCUT2D eigenvalue weighted by Crippen LogP contribution is -2.26. The predicted molar refractivity (Wildman–Crippen MR) is 100.0 cm³/mol. The molecule has 1 heterocycles. The number of allylic oxidation sites excluding steroid dienone is 1. The molecule has 1 aliphatic rings. The molecule has 0 saturated heterocycles. The molecule has 26 heavy (non-hydrogen) atoms. The summed E-state index contributed by atoms with van der Waals surface area (Å²) in [6, 6.07) is 12.6. The number of nitriles is 1. The summed E-state index contributed by atoms with van der Waals surface area (Å²) in [5.74, 6) is 0.259. The number of hydrogen-bond donors (Lipinski definition) is 2. The summed E-state index contributed by atoms with van der Waals surface area (Å²) >= 11 is 0. The van der Waals surface area contributed by atoms with E-state index in [1.54, 1.807) is 30.3 Å². The second-order valence-electron chi connectivity index (χ2n) is 6.20. The van der Waals surface area contributed by atoms with Crippen molar-refractivity contribution in [3.05, 3.63) is 59.3 Å². The van der Waals surface area contributed by atoms with Crippen LogP contribution in [0.2, 0.25) is 0 Å². The lowest BCUT2D eigenvalue weighted by atomic mass is 9.97. The molecule has 6 heteroatoms. The first kappa shape index (κ1) is 17.6. The van der Waals surface area contributed by atoms with E-state index in [-0.39, 0.29) is 11.6 Å². The van der Waals surface area contributed by atoms with Crippen molar-refractivity contribution in [1.82, 2.24) is 15.5 Å². The fourth-order valence-electron chi connectivity index (χ4n) is 2.91. The smallest absolute Gasteiger partial charge is 0.271 e. The van der Waals surface area contributed by atoms with Gasteiger partial charge in [-0.25, -0.2) is 0 Å². The predicted octanol–water partition coefficient (Wildman–Crippen LogP) is 3.71. The van der Waals surface area contributed by atoms with Gasteiger partial charge in [-0.2, -0.15) is 5.26 Å². The Kier molecular flexibility index (Phi) is 5.94. The van der Waals surface area contributed by atoms with Crippen molar-refractivity contribution in [2.24, 2.45) is 0 Å². The number of amides is 1. The fourth-order valence-corrected chi connectivity index (χ4v) is 2.91. The highest BCUT2D eigenvalue weighted by Gasteiger charge is 2.10. The lowest BCUT2D eigenvalue weighted by Gasteiger charge is -2.12. The maximum absolute atomic E-state index is 12.2. The van der Waals surface area contributed by atoms with E-state index in [4.69, 9.17) is 5.26 Å². The molecule has 0 saturated carbocycles. The summed E-state index contributed by atoms with van der Waals surface area (Å²) in [5.41, 5.74) is 2.88. The van der Waals surface area contributed by atoms with E-state index < -0.39 is 0 Å². The quantitative estimate of drug-likeness (QED) is 0.777. The van der Waals surface area contributed by atoms with Crippen LogP contribution in [0.5, 0.6) is 0 Å². The van der Waals surface area contributed by atoms with Gasteiger partial charge in [0.15, 0.2) is 11.5 Å². The van der Waals surface area contributed by atoms with Crippen LogP contribution in [0.15, 0.2) is 48.0 Å². The average Bonchev–Trinajstić information content (AvgIpc) is 2.70. The van der Waals surface area contributed by atoms with Gasteiger partial charge in [-0.15, -0.1) is 10.2 Å². The molecule has 1 aliphatic carbocycles. The molecule has 1 aromatic carbocycles. The van der Waals surface area contributed by atoms with Gasteiger partial charge in [-0.1, -0.05) is 23.8 Å². The zero-order valence-electron chi connectivity index (χ0n) is 14.5. The molecule has 0 aliphatic heterocycles. The highest BCUT2D eigenvalue weighted by atomic mass is 16.1. The number of aromatic nitrogens is 2. The van der Waals surface area contributed by atoms with Crippen molar-refractivity contribution >= 4 is 17.4 Å². The Morgan fingerprint density at radius 1 is 1.15 bits per heavy atom. The number of hydrogen-bond acceptors (Lipinski definition) is 5. The molecular formula is C20H21N5O. The number of para-hydroxylation sites is 1. The summed E-state index contributed by atoms with van der Waals surface area (Å²) in [7, 11) is 0. The van der Waals surface area contributed by atoms with Crippen molar-refractivity contribution in [3.63, 3.8) is 0 Å². The van der Waals surface area contributed by atoms with Crippen molar-refractivity contribution in [2.45, 2.75) is 32.1 Å². The van der Waals surface area contributed by atoms with E-state index in [1.807, 2.05) is 6.07 Å². The molecule has 2 aromatic rings. The van der Waals surface area contributed by atoms with Crippen molar-refractivity contribution in [2.75, 3.05) is 11.9 Å². The van der Waals surface area contributed by atoms with Crippen molar-refractivity contribution in [1.29, 1.82) is 5.26 Å². The number of nitrogens with zero attached hydrogens (tertiary/aromatic N) is 3. The lowest BCUT2D eigenvalue weighted by molar-refractivity contribution is 0.0948. The van der Waals surface area contributed by atoms with Crippen LogP contribution in [0.25, 0.3) is 0 Å². The number of carbonyl (C=O) groups excluding carboxylic acids is 1. The van der Waals surface area contributed by atoms with Crippen LogP contribution >= 0.6 is 0 Å². The molecule has 0 bridgehead atoms. The Morgan fingerprint density at radius 2 is 2.04 bits per heavy atom. The second kappa shape index (κ2) is 8.77. The molecule has 0 radical (unpaired) electrons. The molecule has 0 atom stereocenters. The first-order valence-electron chi connectivity index (χ1n) is 8.82. The molecule has 0 spiro atoms. The van der Waals surface area contributed by atoms with E-state index in [1.165, 1.54) is 18.4 Å². The SMILES string of the molecule is N#Cc1ccccc1Nc1ccc(C(=O)NCCC2=CCCCC2)nn1. The Bertz CT molecular complexity index is 836. The van der Waals surface area contributed by atoms with Gasteiger partial charge >= 0.3 is 0 Å². The van der Waals surface area contributed by atoms with Crippen LogP contribution in [0, 0.1) is 11.3 Å². The first-order valence-corrected chi connectivity index (χ1v) is 8.82. The Hall–Kier alpha value is -3.20. The maximum atomic E-state index is 12.2. The van der Waals surface area contributed by atoms with Crippen molar-refractivity contribution in [3.8, 4) is 6.07 Å². The minimum atomic E-state index is -0.224. The zero-order valence-corrected chi connectivity index (χ0v) is 14.5. The third-order valence-electron chi connectivity index (χ3n) is 4.32. The van der Waals surface area contributed by atoms with Crippen LogP contribution in [-0.4, -0.2) is 22.6 Å². The number of nitrogens with one attached hydrogen (secondary N) is 2. The van der Waals surface area contributed by atoms with E-state index in [0.717, 1.165) is 19.3 Å². The van der Waals surface area contributed by atoms with Gasteiger partial charge in [0.2, 0.25) is 0 Å². The van der Waals surface area contributed by atoms with Crippen LogP contribution in [0.3, 0.4) is 0 Å². The average molecular weight is 347 g/mol. The standard InChI is InChI=1S/C20H21N5O/c21-14-16-8-4-5-9-17(16)23-19-11-10-18(24-25-19)20(26)22-13-12-15-6-2-1-3-7-15/h4-6,8-11H,1-3,7,12-13H2,(H,22,26)(H,23,25). The van der Waals surface area contributed by atoms with Gasteiger partial charge in [0.05, 0.1) is 11.3 Å². The molecule has 1 amide bonds. The van der Waals surface area contributed by atoms with Crippen molar-refractivity contribution < 1.29 is 4.79 Å². The van der Waals surface area contributed by atoms with E-state index >= 15 is 0 Å². The third kappa shape index (κ3) is 4.67. The molecular weight excluding hydrogens is 326 g/mol. The summed E-state index contributed by atoms with van der Waals surface area (Å²) < 4.78 is 0. The van der Waals surface area contributed by atoms with Gasteiger partial charge in [0, 0.05) is 6.54 Å². The minimum Gasteiger partial charge on any atom is -0.350 e. The summed E-state index contributed by atoms with van der Waals surface area (Å²) in [6.07, 6.45) is 7.98. The number of benzene rings is 1. The van der Waals surface area contributed by atoms with Gasteiger partial charge in [-0.05, 0) is 56.4 Å². The topological polar surface area (TPSA) is 90.7 Å². The molecule has 2 N–H and O–H groups in total. The van der Waals surface area contributed by atoms with E-state index in [2.05, 4.69) is 33.0 Å². The molecule has 3 rings (SSSR count). The largest absolute Gasteiger partial charge is 0.350 e. The normalized spacial score (nSPS) is 13.4. The number of carbonyl (C=O) groups is 1. The Labute approximate surface area is 153 Å². The monoisotopic (exact) mass is 347 g/mol. The van der Waals surface area contributed by atoms with Crippen LogP contribution < -0.4 is 10.6 Å². The zero-order chi connectivity index (χ0) is 18.2. The highest BCUT2D eigenvalue weighted by Crippen LogP contribution is 2.20. The summed E-state index contributed by atoms with van der Waals surface area (Å²) in [5, 5.41) is 23.0. The first-order chi connectivity index (χ1) is 12.8. The van der Waals surface area contributed by atoms with E-state index in [9.17, 15) is 4.79 Å². The van der Waals surface area contributed by atoms with Crippen LogP contribution in [0.1, 0.15) is 48.2 Å². The van der Waals surface area contributed by atoms with Crippen LogP contribution in [0.4, 0.5) is 11.5 Å². The molecule has 0 fully saturated rings. The Morgan fingerprint density at radius 3 is 2.77 bits per heavy atom. The maximum Gasteiger partial charge on any atom is 0.271 e. The number of anilines is 2. The second-order valence-corrected chi connectivity index (χ2v) is 6.20. The third-order valence-corrected chi connectivity index (χ3v) is 4.32. The van der Waals surface area contributed by atoms with Gasteiger partial charge in [-0.3, -0.25) is 4.79 Å². The summed E-state index contributed by atoms with van der Waals surface area (Å²) in [6.45, 7) is 0.613. The molecule has 1 aromatic heterocycles.